The van der Waals surface area contributed by atoms with Gasteiger partial charge in [0.2, 0.25) is 0 Å². The first-order valence-corrected chi connectivity index (χ1v) is 5.81. The molecule has 0 heterocycles. The number of esters is 1. The minimum absolute atomic E-state index is 0.332. The number of carboxylic acid groups (broad SMARTS) is 1. The number of rotatable bonds is 3. The van der Waals surface area contributed by atoms with Crippen LogP contribution in [-0.2, 0) is 4.79 Å². The Morgan fingerprint density at radius 3 is 1.85 bits per heavy atom. The summed E-state index contributed by atoms with van der Waals surface area (Å²) in [6, 6.07) is 18.0. The Kier molecular flexibility index (Phi) is 6.27. The summed E-state index contributed by atoms with van der Waals surface area (Å²) in [5.41, 5.74) is 0.557. The number of hydrogen-bond acceptors (Lipinski definition) is 3. The predicted molar refractivity (Wildman–Crippen MR) is 75.7 cm³/mol. The predicted octanol–water partition coefficient (Wildman–Crippen LogP) is 3.16. The lowest BCUT2D eigenvalue weighted by atomic mass is 10.2. The van der Waals surface area contributed by atoms with Gasteiger partial charge in [0.05, 0.1) is 5.56 Å². The molecule has 0 atom stereocenters. The van der Waals surface area contributed by atoms with E-state index in [9.17, 15) is 9.59 Å². The standard InChI is InChI=1S/C13H10O2.C3H4O2/c14-13(11-7-3-1-4-8-11)15-12-9-5-2-6-10-12;1-2-3(4)5/h1-10H;2H,1H2,(H,4,5). The summed E-state index contributed by atoms with van der Waals surface area (Å²) < 4.78 is 5.16. The molecular formula is C16H14O4. The Hall–Kier alpha value is -2.88. The van der Waals surface area contributed by atoms with Crippen LogP contribution in [0.5, 0.6) is 5.75 Å². The van der Waals surface area contributed by atoms with E-state index in [1.807, 2.05) is 36.4 Å². The molecule has 0 aliphatic rings. The minimum atomic E-state index is -0.981. The zero-order chi connectivity index (χ0) is 14.8. The van der Waals surface area contributed by atoms with E-state index in [0.717, 1.165) is 6.08 Å². The maximum atomic E-state index is 11.6. The first-order chi connectivity index (χ1) is 9.63. The van der Waals surface area contributed by atoms with Gasteiger partial charge < -0.3 is 9.84 Å². The van der Waals surface area contributed by atoms with Gasteiger partial charge in [0.25, 0.3) is 0 Å². The number of aliphatic carboxylic acids is 1. The Morgan fingerprint density at radius 2 is 1.40 bits per heavy atom. The molecule has 0 bridgehead atoms. The number of ether oxygens (including phenoxy) is 1. The van der Waals surface area contributed by atoms with Crippen molar-refractivity contribution < 1.29 is 19.4 Å². The van der Waals surface area contributed by atoms with E-state index >= 15 is 0 Å². The van der Waals surface area contributed by atoms with Crippen LogP contribution in [0.2, 0.25) is 0 Å². The third-order valence-corrected chi connectivity index (χ3v) is 2.14. The van der Waals surface area contributed by atoms with Gasteiger partial charge in [-0.05, 0) is 24.3 Å². The lowest BCUT2D eigenvalue weighted by molar-refractivity contribution is -0.131. The normalized spacial score (nSPS) is 8.80. The molecule has 2 rings (SSSR count). The average molecular weight is 270 g/mol. The van der Waals surface area contributed by atoms with Crippen molar-refractivity contribution in [1.29, 1.82) is 0 Å². The third kappa shape index (κ3) is 5.64. The molecule has 0 amide bonds. The lowest BCUT2D eigenvalue weighted by Crippen LogP contribution is -2.07. The van der Waals surface area contributed by atoms with Crippen molar-refractivity contribution in [3.05, 3.63) is 78.9 Å². The molecule has 0 aliphatic heterocycles. The third-order valence-electron chi connectivity index (χ3n) is 2.14. The number of para-hydroxylation sites is 1. The van der Waals surface area contributed by atoms with Gasteiger partial charge in [-0.2, -0.15) is 0 Å². The Labute approximate surface area is 116 Å². The van der Waals surface area contributed by atoms with E-state index in [2.05, 4.69) is 6.58 Å². The molecule has 0 saturated heterocycles. The highest BCUT2D eigenvalue weighted by molar-refractivity contribution is 5.90. The molecule has 2 aromatic carbocycles. The van der Waals surface area contributed by atoms with E-state index in [-0.39, 0.29) is 5.97 Å². The summed E-state index contributed by atoms with van der Waals surface area (Å²) in [5, 5.41) is 7.60. The smallest absolute Gasteiger partial charge is 0.343 e. The Bertz CT molecular complexity index is 562. The molecule has 0 fully saturated rings. The summed E-state index contributed by atoms with van der Waals surface area (Å²) in [6.45, 7) is 2.96. The fourth-order valence-electron chi connectivity index (χ4n) is 1.23. The van der Waals surface area contributed by atoms with Gasteiger partial charge in [-0.3, -0.25) is 0 Å². The lowest BCUT2D eigenvalue weighted by Gasteiger charge is -2.02. The minimum Gasteiger partial charge on any atom is -0.478 e. The van der Waals surface area contributed by atoms with Crippen molar-refractivity contribution in [3.63, 3.8) is 0 Å². The molecule has 0 aliphatic carbocycles. The molecule has 0 saturated carbocycles. The highest BCUT2D eigenvalue weighted by Crippen LogP contribution is 2.11. The SMILES string of the molecule is C=CC(=O)O.O=C(Oc1ccccc1)c1ccccc1. The van der Waals surface area contributed by atoms with Crippen LogP contribution in [0.1, 0.15) is 10.4 Å². The van der Waals surface area contributed by atoms with E-state index in [1.165, 1.54) is 0 Å². The van der Waals surface area contributed by atoms with Crippen molar-refractivity contribution in [2.24, 2.45) is 0 Å². The molecule has 0 radical (unpaired) electrons. The molecule has 2 aromatic rings. The van der Waals surface area contributed by atoms with Crippen LogP contribution in [-0.4, -0.2) is 17.0 Å². The zero-order valence-corrected chi connectivity index (χ0v) is 10.7. The summed E-state index contributed by atoms with van der Waals surface area (Å²) in [6.07, 6.45) is 0.833. The van der Waals surface area contributed by atoms with Crippen molar-refractivity contribution in [2.45, 2.75) is 0 Å². The van der Waals surface area contributed by atoms with Crippen LogP contribution >= 0.6 is 0 Å². The van der Waals surface area contributed by atoms with Crippen LogP contribution in [0.15, 0.2) is 73.3 Å². The quantitative estimate of drug-likeness (QED) is 0.528. The maximum absolute atomic E-state index is 11.6. The molecule has 0 unspecified atom stereocenters. The number of carbonyl (C=O) groups is 2. The number of carboxylic acids is 1. The average Bonchev–Trinajstić information content (AvgIpc) is 2.49. The largest absolute Gasteiger partial charge is 0.478 e. The summed E-state index contributed by atoms with van der Waals surface area (Å²) in [7, 11) is 0. The topological polar surface area (TPSA) is 63.6 Å². The second-order valence-electron chi connectivity index (χ2n) is 3.61. The van der Waals surface area contributed by atoms with Crippen LogP contribution in [0.4, 0.5) is 0 Å². The Morgan fingerprint density at radius 1 is 0.950 bits per heavy atom. The van der Waals surface area contributed by atoms with Crippen molar-refractivity contribution in [2.75, 3.05) is 0 Å². The first-order valence-electron chi connectivity index (χ1n) is 5.81. The highest BCUT2D eigenvalue weighted by atomic mass is 16.5. The van der Waals surface area contributed by atoms with Crippen molar-refractivity contribution in [3.8, 4) is 5.75 Å². The molecule has 4 heteroatoms. The van der Waals surface area contributed by atoms with Gasteiger partial charge in [-0.1, -0.05) is 43.0 Å². The van der Waals surface area contributed by atoms with Gasteiger partial charge in [0.1, 0.15) is 5.75 Å². The molecule has 0 aromatic heterocycles. The summed E-state index contributed by atoms with van der Waals surface area (Å²) >= 11 is 0. The van der Waals surface area contributed by atoms with Gasteiger partial charge >= 0.3 is 11.9 Å². The summed E-state index contributed by atoms with van der Waals surface area (Å²) in [4.78, 5) is 20.8. The Balaban J connectivity index is 0.000000347. The number of benzene rings is 2. The zero-order valence-electron chi connectivity index (χ0n) is 10.7. The first kappa shape index (κ1) is 15.2. The fraction of sp³-hybridized carbons (Fsp3) is 0. The van der Waals surface area contributed by atoms with Gasteiger partial charge in [0.15, 0.2) is 0 Å². The maximum Gasteiger partial charge on any atom is 0.343 e. The highest BCUT2D eigenvalue weighted by Gasteiger charge is 2.06. The molecular weight excluding hydrogens is 256 g/mol. The molecule has 102 valence electrons. The molecule has 0 spiro atoms. The molecule has 20 heavy (non-hydrogen) atoms. The number of hydrogen-bond donors (Lipinski definition) is 1. The molecule has 1 N–H and O–H groups in total. The molecule has 4 nitrogen and oxygen atoms in total. The fourth-order valence-corrected chi connectivity index (χ4v) is 1.23. The van der Waals surface area contributed by atoms with Crippen LogP contribution in [0.25, 0.3) is 0 Å². The van der Waals surface area contributed by atoms with E-state index < -0.39 is 5.97 Å². The van der Waals surface area contributed by atoms with E-state index in [0.29, 0.717) is 11.3 Å². The van der Waals surface area contributed by atoms with Crippen molar-refractivity contribution >= 4 is 11.9 Å². The monoisotopic (exact) mass is 270 g/mol. The van der Waals surface area contributed by atoms with Crippen LogP contribution in [0, 0.1) is 0 Å². The van der Waals surface area contributed by atoms with Crippen LogP contribution in [0.3, 0.4) is 0 Å². The second-order valence-corrected chi connectivity index (χ2v) is 3.61. The van der Waals surface area contributed by atoms with Gasteiger partial charge in [0, 0.05) is 6.08 Å². The van der Waals surface area contributed by atoms with Gasteiger partial charge in [-0.25, -0.2) is 9.59 Å². The number of carbonyl (C=O) groups excluding carboxylic acids is 1. The van der Waals surface area contributed by atoms with Crippen LogP contribution < -0.4 is 4.74 Å². The second kappa shape index (κ2) is 8.26. The van der Waals surface area contributed by atoms with Gasteiger partial charge in [-0.15, -0.1) is 0 Å². The van der Waals surface area contributed by atoms with E-state index in [1.54, 1.807) is 24.3 Å². The van der Waals surface area contributed by atoms with E-state index in [4.69, 9.17) is 9.84 Å². The van der Waals surface area contributed by atoms with Crippen molar-refractivity contribution in [1.82, 2.24) is 0 Å². The summed E-state index contributed by atoms with van der Waals surface area (Å²) in [5.74, 6) is -0.752.